The normalized spacial score (nSPS) is 11.8. The molecule has 1 aromatic heterocycles. The van der Waals surface area contributed by atoms with Gasteiger partial charge >= 0.3 is 0 Å². The van der Waals surface area contributed by atoms with E-state index >= 15 is 0 Å². The highest BCUT2D eigenvalue weighted by Gasteiger charge is 2.20. The summed E-state index contributed by atoms with van der Waals surface area (Å²) in [6, 6.07) is 14.1. The number of furan rings is 1. The van der Waals surface area contributed by atoms with Crippen LogP contribution in [0.4, 0.5) is 4.39 Å². The van der Waals surface area contributed by atoms with Crippen molar-refractivity contribution >= 4 is 41.0 Å². The fraction of sp³-hybridized carbons (Fsp3) is 0.250. The van der Waals surface area contributed by atoms with Crippen LogP contribution in [0.2, 0.25) is 0 Å². The first-order valence-corrected chi connectivity index (χ1v) is 9.46. The van der Waals surface area contributed by atoms with E-state index in [0.29, 0.717) is 29.2 Å². The van der Waals surface area contributed by atoms with Crippen molar-refractivity contribution in [3.8, 4) is 0 Å². The summed E-state index contributed by atoms with van der Waals surface area (Å²) in [6.45, 7) is 2.37. The highest BCUT2D eigenvalue weighted by Crippen LogP contribution is 2.32. The molecule has 0 aliphatic carbocycles. The van der Waals surface area contributed by atoms with Gasteiger partial charge in [0, 0.05) is 34.2 Å². The molecule has 0 fully saturated rings. The summed E-state index contributed by atoms with van der Waals surface area (Å²) in [5.41, 5.74) is 7.14. The quantitative estimate of drug-likeness (QED) is 0.553. The van der Waals surface area contributed by atoms with Crippen molar-refractivity contribution in [1.82, 2.24) is 5.32 Å². The fourth-order valence-corrected chi connectivity index (χ4v) is 3.60. The van der Waals surface area contributed by atoms with Crippen LogP contribution in [0.1, 0.15) is 29.5 Å². The van der Waals surface area contributed by atoms with E-state index in [4.69, 9.17) is 10.2 Å². The predicted octanol–water partition coefficient (Wildman–Crippen LogP) is 4.75. The van der Waals surface area contributed by atoms with Gasteiger partial charge in [0.15, 0.2) is 5.76 Å². The van der Waals surface area contributed by atoms with Gasteiger partial charge in [0.2, 0.25) is 0 Å². The zero-order valence-corrected chi connectivity index (χ0v) is 16.5. The number of benzene rings is 2. The molecule has 1 amide bonds. The Morgan fingerprint density at radius 3 is 2.67 bits per heavy atom. The molecule has 2 aromatic carbocycles. The van der Waals surface area contributed by atoms with Gasteiger partial charge in [0.1, 0.15) is 11.4 Å². The number of halogens is 2. The van der Waals surface area contributed by atoms with Crippen molar-refractivity contribution in [2.24, 2.45) is 5.73 Å². The Labute approximate surface area is 168 Å². The molecule has 0 aliphatic rings. The minimum absolute atomic E-state index is 0. The number of fused-ring (bicyclic) bond motifs is 1. The number of amides is 1. The first kappa shape index (κ1) is 21.3. The van der Waals surface area contributed by atoms with Gasteiger partial charge in [0.25, 0.3) is 5.91 Å². The van der Waals surface area contributed by atoms with Crippen molar-refractivity contribution in [3.05, 3.63) is 65.7 Å². The molecule has 27 heavy (non-hydrogen) atoms. The van der Waals surface area contributed by atoms with Gasteiger partial charge in [-0.1, -0.05) is 30.3 Å². The highest BCUT2D eigenvalue weighted by molar-refractivity contribution is 7.98. The average Bonchev–Trinajstić information content (AvgIpc) is 2.99. The Morgan fingerprint density at radius 2 is 1.93 bits per heavy atom. The molecule has 0 saturated heterocycles. The molecule has 144 valence electrons. The maximum absolute atomic E-state index is 13.9. The van der Waals surface area contributed by atoms with Gasteiger partial charge in [0.05, 0.1) is 0 Å². The molecule has 7 heteroatoms. The second-order valence-corrected chi connectivity index (χ2v) is 7.16. The smallest absolute Gasteiger partial charge is 0.287 e. The van der Waals surface area contributed by atoms with Crippen LogP contribution >= 0.6 is 24.2 Å². The maximum atomic E-state index is 13.9. The topological polar surface area (TPSA) is 68.3 Å². The van der Waals surface area contributed by atoms with Crippen LogP contribution in [0, 0.1) is 5.82 Å². The molecule has 3 aromatic rings. The van der Waals surface area contributed by atoms with E-state index in [2.05, 4.69) is 5.32 Å². The van der Waals surface area contributed by atoms with Crippen molar-refractivity contribution in [2.45, 2.75) is 30.0 Å². The average molecular weight is 409 g/mol. The zero-order valence-electron chi connectivity index (χ0n) is 14.9. The van der Waals surface area contributed by atoms with Gasteiger partial charge in [-0.25, -0.2) is 4.39 Å². The van der Waals surface area contributed by atoms with Crippen molar-refractivity contribution in [1.29, 1.82) is 0 Å². The van der Waals surface area contributed by atoms with E-state index in [9.17, 15) is 9.18 Å². The molecule has 4 nitrogen and oxygen atoms in total. The molecule has 1 heterocycles. The second-order valence-electron chi connectivity index (χ2n) is 6.15. The molecular formula is C20H22ClFN2O2S. The lowest BCUT2D eigenvalue weighted by Crippen LogP contribution is -2.29. The molecule has 1 atom stereocenters. The van der Waals surface area contributed by atoms with Crippen LogP contribution in [0.25, 0.3) is 11.0 Å². The Hall–Kier alpha value is -2.02. The van der Waals surface area contributed by atoms with E-state index in [1.165, 1.54) is 17.8 Å². The van der Waals surface area contributed by atoms with E-state index < -0.39 is 0 Å². The molecule has 0 aliphatic heterocycles. The van der Waals surface area contributed by atoms with Crippen LogP contribution in [0.15, 0.2) is 57.8 Å². The largest absolute Gasteiger partial charge is 0.451 e. The van der Waals surface area contributed by atoms with E-state index in [1.54, 1.807) is 18.2 Å². The van der Waals surface area contributed by atoms with Gasteiger partial charge < -0.3 is 15.5 Å². The van der Waals surface area contributed by atoms with E-state index in [0.717, 1.165) is 10.9 Å². The molecule has 3 rings (SSSR count). The van der Waals surface area contributed by atoms with E-state index in [-0.39, 0.29) is 35.9 Å². The second kappa shape index (κ2) is 9.78. The lowest BCUT2D eigenvalue weighted by Gasteiger charge is -2.07. The molecular weight excluding hydrogens is 387 g/mol. The Kier molecular flexibility index (Phi) is 7.71. The van der Waals surface area contributed by atoms with Gasteiger partial charge in [-0.2, -0.15) is 0 Å². The zero-order chi connectivity index (χ0) is 18.5. The standard InChI is InChI=1S/C20H21FN2O2S.ClH/c1-13(22)10-11-23-20(24)19-15(14-6-2-4-8-17(14)25-19)12-26-18-9-5-3-7-16(18)21;/h2-9,13H,10-12,22H2,1H3,(H,23,24);1H. The number of rotatable bonds is 7. The Balaban J connectivity index is 0.00000261. The number of nitrogens with one attached hydrogen (secondary N) is 1. The van der Waals surface area contributed by atoms with Crippen molar-refractivity contribution in [3.63, 3.8) is 0 Å². The number of thioether (sulfide) groups is 1. The molecule has 1 unspecified atom stereocenters. The van der Waals surface area contributed by atoms with Crippen molar-refractivity contribution in [2.75, 3.05) is 6.54 Å². The molecule has 3 N–H and O–H groups in total. The molecule has 0 bridgehead atoms. The number of carbonyl (C=O) groups excluding carboxylic acids is 1. The van der Waals surface area contributed by atoms with E-state index in [1.807, 2.05) is 31.2 Å². The SMILES string of the molecule is CC(N)CCNC(=O)c1oc2ccccc2c1CSc1ccccc1F.Cl. The summed E-state index contributed by atoms with van der Waals surface area (Å²) in [5.74, 6) is 0.174. The van der Waals surface area contributed by atoms with Crippen LogP contribution < -0.4 is 11.1 Å². The lowest BCUT2D eigenvalue weighted by molar-refractivity contribution is 0.0926. The predicted molar refractivity (Wildman–Crippen MR) is 110 cm³/mol. The van der Waals surface area contributed by atoms with Crippen LogP contribution in [-0.2, 0) is 5.75 Å². The van der Waals surface area contributed by atoms with Gasteiger partial charge in [-0.15, -0.1) is 24.2 Å². The molecule has 0 saturated carbocycles. The first-order valence-electron chi connectivity index (χ1n) is 8.47. The van der Waals surface area contributed by atoms with Gasteiger partial charge in [-0.3, -0.25) is 4.79 Å². The van der Waals surface area contributed by atoms with Crippen LogP contribution in [0.3, 0.4) is 0 Å². The Bertz CT molecular complexity index is 914. The molecule has 0 radical (unpaired) electrons. The summed E-state index contributed by atoms with van der Waals surface area (Å²) >= 11 is 1.34. The third kappa shape index (κ3) is 5.25. The minimum Gasteiger partial charge on any atom is -0.451 e. The number of para-hydroxylation sites is 1. The van der Waals surface area contributed by atoms with Gasteiger partial charge in [-0.05, 0) is 31.5 Å². The highest BCUT2D eigenvalue weighted by atomic mass is 35.5. The number of hydrogen-bond acceptors (Lipinski definition) is 4. The minimum atomic E-state index is -0.272. The summed E-state index contributed by atoms with van der Waals surface area (Å²) in [7, 11) is 0. The number of nitrogens with two attached hydrogens (primary N) is 1. The van der Waals surface area contributed by atoms with Crippen molar-refractivity contribution < 1.29 is 13.6 Å². The Morgan fingerprint density at radius 1 is 1.22 bits per heavy atom. The fourth-order valence-electron chi connectivity index (χ4n) is 2.63. The molecule has 0 spiro atoms. The summed E-state index contributed by atoms with van der Waals surface area (Å²) in [5, 5.41) is 3.71. The number of hydrogen-bond donors (Lipinski definition) is 2. The first-order chi connectivity index (χ1) is 12.6. The summed E-state index contributed by atoms with van der Waals surface area (Å²) in [6.07, 6.45) is 0.686. The van der Waals surface area contributed by atoms with Crippen LogP contribution in [-0.4, -0.2) is 18.5 Å². The monoisotopic (exact) mass is 408 g/mol. The lowest BCUT2D eigenvalue weighted by atomic mass is 10.1. The maximum Gasteiger partial charge on any atom is 0.287 e. The van der Waals surface area contributed by atoms with Crippen LogP contribution in [0.5, 0.6) is 0 Å². The summed E-state index contributed by atoms with van der Waals surface area (Å²) < 4.78 is 19.7. The summed E-state index contributed by atoms with van der Waals surface area (Å²) in [4.78, 5) is 13.1. The third-order valence-corrected chi connectivity index (χ3v) is 5.07. The number of carbonyl (C=O) groups is 1. The third-order valence-electron chi connectivity index (χ3n) is 4.00.